The monoisotopic (exact) mass is 717 g/mol. The van der Waals surface area contributed by atoms with Gasteiger partial charge in [-0.2, -0.15) is 9.61 Å². The predicted octanol–water partition coefficient (Wildman–Crippen LogP) is 3.08. The smallest absolute Gasteiger partial charge is 0.215 e. The first-order chi connectivity index (χ1) is 25.1. The van der Waals surface area contributed by atoms with Gasteiger partial charge >= 0.3 is 0 Å². The van der Waals surface area contributed by atoms with E-state index in [0.29, 0.717) is 85.1 Å². The van der Waals surface area contributed by atoms with Crippen LogP contribution in [0.25, 0.3) is 5.65 Å². The van der Waals surface area contributed by atoms with Crippen LogP contribution in [-0.2, 0) is 41.4 Å². The summed E-state index contributed by atoms with van der Waals surface area (Å²) in [6, 6.07) is 6.17. The zero-order valence-corrected chi connectivity index (χ0v) is 30.7. The number of fused-ring (bicyclic) bond motifs is 1. The number of hydrogen-bond donors (Lipinski definition) is 3. The molecule has 15 heteroatoms. The third kappa shape index (κ3) is 14.4. The summed E-state index contributed by atoms with van der Waals surface area (Å²) in [6.45, 7) is 12.1. The zero-order chi connectivity index (χ0) is 35.9. The predicted molar refractivity (Wildman–Crippen MR) is 195 cm³/mol. The number of nitrogens with zero attached hydrogens (tertiary/aromatic N) is 5. The van der Waals surface area contributed by atoms with E-state index in [1.165, 1.54) is 6.42 Å². The van der Waals surface area contributed by atoms with Crippen LogP contribution in [0.1, 0.15) is 50.7 Å². The van der Waals surface area contributed by atoms with Crippen LogP contribution in [0, 0.1) is 0 Å². The Morgan fingerprint density at radius 3 is 2.22 bits per heavy atom. The summed E-state index contributed by atoms with van der Waals surface area (Å²) in [5, 5.41) is 20.9. The van der Waals surface area contributed by atoms with Gasteiger partial charge in [0.1, 0.15) is 11.6 Å². The molecule has 0 aliphatic carbocycles. The van der Waals surface area contributed by atoms with Crippen LogP contribution in [0.3, 0.4) is 0 Å². The van der Waals surface area contributed by atoms with Gasteiger partial charge in [-0.15, -0.1) is 0 Å². The van der Waals surface area contributed by atoms with Crippen molar-refractivity contribution in [3.05, 3.63) is 41.7 Å². The van der Waals surface area contributed by atoms with Gasteiger partial charge in [-0.3, -0.25) is 0 Å². The molecule has 0 saturated carbocycles. The van der Waals surface area contributed by atoms with Gasteiger partial charge in [0, 0.05) is 56.2 Å². The molecule has 1 aliphatic heterocycles. The third-order valence-electron chi connectivity index (χ3n) is 8.42. The zero-order valence-electron chi connectivity index (χ0n) is 30.7. The number of nitrogens with one attached hydrogen (secondary N) is 2. The number of ether oxygens (including phenoxy) is 7. The number of aryl methyl sites for hydroxylation is 1. The van der Waals surface area contributed by atoms with E-state index in [0.717, 1.165) is 67.2 Å². The van der Waals surface area contributed by atoms with Crippen LogP contribution < -0.4 is 20.3 Å². The van der Waals surface area contributed by atoms with Crippen LogP contribution in [0.4, 0.5) is 11.6 Å². The SMILES string of the molecule is CCc1cnn2c(NCc3ccc(OC(C)OCCOCCOCCOCCOCCOCCNC)nc3)cc(N3CCCC[C@H]3CCO)nc12. The maximum Gasteiger partial charge on any atom is 0.215 e. The molecule has 1 saturated heterocycles. The highest BCUT2D eigenvalue weighted by atomic mass is 16.7. The minimum Gasteiger partial charge on any atom is -0.448 e. The Morgan fingerprint density at radius 2 is 1.59 bits per heavy atom. The largest absolute Gasteiger partial charge is 0.448 e. The van der Waals surface area contributed by atoms with Crippen molar-refractivity contribution in [2.45, 2.75) is 64.8 Å². The molecule has 3 aromatic rings. The van der Waals surface area contributed by atoms with E-state index in [-0.39, 0.29) is 12.6 Å². The van der Waals surface area contributed by atoms with Crippen molar-refractivity contribution >= 4 is 17.3 Å². The number of piperidine rings is 1. The van der Waals surface area contributed by atoms with Gasteiger partial charge in [-0.05, 0) is 51.6 Å². The lowest BCUT2D eigenvalue weighted by atomic mass is 9.99. The van der Waals surface area contributed by atoms with Crippen molar-refractivity contribution in [2.24, 2.45) is 0 Å². The number of aliphatic hydroxyl groups excluding tert-OH is 1. The minimum atomic E-state index is -0.478. The maximum absolute atomic E-state index is 9.66. The average Bonchev–Trinajstić information content (AvgIpc) is 3.57. The number of hydrogen-bond acceptors (Lipinski definition) is 14. The summed E-state index contributed by atoms with van der Waals surface area (Å²) < 4.78 is 40.9. The van der Waals surface area contributed by atoms with E-state index < -0.39 is 6.29 Å². The number of likely N-dealkylation sites (N-methyl/N-ethyl adjacent to an activating group) is 1. The number of aromatic nitrogens is 4. The van der Waals surface area contributed by atoms with E-state index in [2.05, 4.69) is 38.6 Å². The Hall–Kier alpha value is -3.15. The minimum absolute atomic E-state index is 0.175. The fourth-order valence-electron chi connectivity index (χ4n) is 5.68. The Kier molecular flexibility index (Phi) is 19.2. The molecule has 15 nitrogen and oxygen atoms in total. The highest BCUT2D eigenvalue weighted by molar-refractivity contribution is 5.61. The molecule has 2 atom stereocenters. The maximum atomic E-state index is 9.66. The van der Waals surface area contributed by atoms with Gasteiger partial charge in [0.15, 0.2) is 11.9 Å². The fraction of sp³-hybridized carbons (Fsp3) is 0.694. The second-order valence-corrected chi connectivity index (χ2v) is 12.2. The quantitative estimate of drug-likeness (QED) is 0.0744. The second kappa shape index (κ2) is 24.2. The Bertz CT molecular complexity index is 1350. The molecule has 3 N–H and O–H groups in total. The summed E-state index contributed by atoms with van der Waals surface area (Å²) in [4.78, 5) is 11.9. The second-order valence-electron chi connectivity index (χ2n) is 12.2. The normalized spacial score (nSPS) is 15.5. The Labute approximate surface area is 302 Å². The Morgan fingerprint density at radius 1 is 0.902 bits per heavy atom. The van der Waals surface area contributed by atoms with Crippen molar-refractivity contribution in [1.29, 1.82) is 0 Å². The molecule has 0 amide bonds. The highest BCUT2D eigenvalue weighted by Gasteiger charge is 2.25. The lowest BCUT2D eigenvalue weighted by molar-refractivity contribution is -0.0884. The topological polar surface area (TPSA) is 155 Å². The number of anilines is 2. The molecular weight excluding hydrogens is 658 g/mol. The van der Waals surface area contributed by atoms with E-state index in [1.807, 2.05) is 36.8 Å². The van der Waals surface area contributed by atoms with E-state index >= 15 is 0 Å². The lowest BCUT2D eigenvalue weighted by Gasteiger charge is -2.36. The van der Waals surface area contributed by atoms with Crippen LogP contribution in [0.15, 0.2) is 30.6 Å². The first kappa shape index (κ1) is 40.6. The van der Waals surface area contributed by atoms with Crippen LogP contribution in [-0.4, -0.2) is 136 Å². The van der Waals surface area contributed by atoms with Crippen molar-refractivity contribution in [3.8, 4) is 5.88 Å². The molecule has 286 valence electrons. The fourth-order valence-corrected chi connectivity index (χ4v) is 5.68. The lowest BCUT2D eigenvalue weighted by Crippen LogP contribution is -2.40. The summed E-state index contributed by atoms with van der Waals surface area (Å²) in [5.41, 5.74) is 2.95. The first-order valence-electron chi connectivity index (χ1n) is 18.4. The van der Waals surface area contributed by atoms with Gasteiger partial charge in [0.2, 0.25) is 5.88 Å². The highest BCUT2D eigenvalue weighted by Crippen LogP contribution is 2.29. The van der Waals surface area contributed by atoms with E-state index in [1.54, 1.807) is 6.20 Å². The summed E-state index contributed by atoms with van der Waals surface area (Å²) in [7, 11) is 1.90. The van der Waals surface area contributed by atoms with Crippen molar-refractivity contribution in [1.82, 2.24) is 24.9 Å². The van der Waals surface area contributed by atoms with Crippen LogP contribution >= 0.6 is 0 Å². The molecular formula is C36H59N7O8. The third-order valence-corrected chi connectivity index (χ3v) is 8.42. The van der Waals surface area contributed by atoms with Gasteiger partial charge in [0.05, 0.1) is 78.9 Å². The molecule has 0 spiro atoms. The first-order valence-corrected chi connectivity index (χ1v) is 18.4. The van der Waals surface area contributed by atoms with E-state index in [9.17, 15) is 5.11 Å². The number of pyridine rings is 1. The van der Waals surface area contributed by atoms with Gasteiger partial charge in [-0.25, -0.2) is 9.97 Å². The van der Waals surface area contributed by atoms with Crippen molar-refractivity contribution in [2.75, 3.05) is 110 Å². The molecule has 0 aromatic carbocycles. The summed E-state index contributed by atoms with van der Waals surface area (Å²) in [5.74, 6) is 2.27. The van der Waals surface area contributed by atoms with Gasteiger partial charge < -0.3 is 53.8 Å². The molecule has 1 aliphatic rings. The molecule has 0 bridgehead atoms. The molecule has 4 heterocycles. The van der Waals surface area contributed by atoms with E-state index in [4.69, 9.17) is 38.1 Å². The molecule has 1 unspecified atom stereocenters. The van der Waals surface area contributed by atoms with Gasteiger partial charge in [0.25, 0.3) is 0 Å². The molecule has 1 fully saturated rings. The van der Waals surface area contributed by atoms with Crippen LogP contribution in [0.2, 0.25) is 0 Å². The number of aliphatic hydroxyl groups is 1. The average molecular weight is 718 g/mol. The molecule has 51 heavy (non-hydrogen) atoms. The Balaban J connectivity index is 1.08. The summed E-state index contributed by atoms with van der Waals surface area (Å²) in [6.07, 6.45) is 8.15. The molecule has 4 rings (SSSR count). The number of rotatable bonds is 28. The molecule has 0 radical (unpaired) electrons. The standard InChI is InChI=1S/C36H59N7O8/c1-4-31-28-40-43-33(25-34(41-36(31)43)42-12-6-5-7-32(42)10-13-44)38-26-30-8-9-35(39-27-30)51-29(2)50-24-23-49-22-21-48-20-19-47-18-17-46-16-15-45-14-11-37-3/h8-9,25,27-29,32,37-38,44H,4-7,10-24,26H2,1-3H3/t29?,32-/m0/s1. The summed E-state index contributed by atoms with van der Waals surface area (Å²) >= 11 is 0. The van der Waals surface area contributed by atoms with Crippen molar-refractivity contribution in [3.63, 3.8) is 0 Å². The van der Waals surface area contributed by atoms with Crippen molar-refractivity contribution < 1.29 is 38.3 Å². The van der Waals surface area contributed by atoms with Crippen LogP contribution in [0.5, 0.6) is 5.88 Å². The molecule has 3 aromatic heterocycles. The van der Waals surface area contributed by atoms with Gasteiger partial charge in [-0.1, -0.05) is 13.0 Å².